The molecule has 94 valence electrons. The van der Waals surface area contributed by atoms with Crippen LogP contribution >= 0.6 is 0 Å². The van der Waals surface area contributed by atoms with Crippen LogP contribution in [0.25, 0.3) is 0 Å². The van der Waals surface area contributed by atoms with Crippen LogP contribution in [0.1, 0.15) is 26.2 Å². The van der Waals surface area contributed by atoms with Crippen molar-refractivity contribution in [1.29, 1.82) is 0 Å². The van der Waals surface area contributed by atoms with Gasteiger partial charge in [-0.3, -0.25) is 0 Å². The molecule has 0 bridgehead atoms. The second-order valence-corrected chi connectivity index (χ2v) is 4.11. The van der Waals surface area contributed by atoms with Crippen molar-refractivity contribution >= 4 is 6.09 Å². The summed E-state index contributed by atoms with van der Waals surface area (Å²) in [6.45, 7) is 1.96. The fourth-order valence-electron chi connectivity index (χ4n) is 1.73. The number of carbonyl (C=O) groups excluding carboxylic acids is 1. The zero-order valence-corrected chi connectivity index (χ0v) is 9.46. The molecule has 1 rings (SSSR count). The summed E-state index contributed by atoms with van der Waals surface area (Å²) < 4.78 is 35.3. The van der Waals surface area contributed by atoms with Crippen molar-refractivity contribution in [2.24, 2.45) is 0 Å². The van der Waals surface area contributed by atoms with Crippen molar-refractivity contribution in [2.75, 3.05) is 13.7 Å². The van der Waals surface area contributed by atoms with Crippen molar-refractivity contribution in [3.05, 3.63) is 0 Å². The molecule has 0 saturated heterocycles. The number of alkyl halides is 2. The SMILES string of the molecule is COCC(C)OC(=O)NC1CCC(F)(F)C1. The predicted molar refractivity (Wildman–Crippen MR) is 53.5 cm³/mol. The smallest absolute Gasteiger partial charge is 0.407 e. The third kappa shape index (κ3) is 4.30. The maximum Gasteiger partial charge on any atom is 0.407 e. The topological polar surface area (TPSA) is 47.6 Å². The van der Waals surface area contributed by atoms with Crippen molar-refractivity contribution in [1.82, 2.24) is 5.32 Å². The lowest BCUT2D eigenvalue weighted by molar-refractivity contribution is 0.00630. The standard InChI is InChI=1S/C10H17F2NO3/c1-7(6-15-2)16-9(14)13-8-3-4-10(11,12)5-8/h7-8H,3-6H2,1-2H3,(H,13,14). The van der Waals surface area contributed by atoms with Gasteiger partial charge in [0.25, 0.3) is 0 Å². The predicted octanol–water partition coefficient (Wildman–Crippen LogP) is 1.94. The normalized spacial score (nSPS) is 25.1. The quantitative estimate of drug-likeness (QED) is 0.812. The fraction of sp³-hybridized carbons (Fsp3) is 0.900. The number of halogens is 2. The Balaban J connectivity index is 2.25. The van der Waals surface area contributed by atoms with Crippen LogP contribution in [0.3, 0.4) is 0 Å². The second-order valence-electron chi connectivity index (χ2n) is 4.11. The fourth-order valence-corrected chi connectivity index (χ4v) is 1.73. The van der Waals surface area contributed by atoms with Gasteiger partial charge in [0.1, 0.15) is 6.10 Å². The summed E-state index contributed by atoms with van der Waals surface area (Å²) >= 11 is 0. The number of methoxy groups -OCH3 is 1. The lowest BCUT2D eigenvalue weighted by Crippen LogP contribution is -2.36. The van der Waals surface area contributed by atoms with E-state index in [0.717, 1.165) is 0 Å². The summed E-state index contributed by atoms with van der Waals surface area (Å²) in [5, 5.41) is 2.43. The first-order valence-corrected chi connectivity index (χ1v) is 5.27. The number of rotatable bonds is 4. The Labute approximate surface area is 93.3 Å². The summed E-state index contributed by atoms with van der Waals surface area (Å²) in [5.74, 6) is -2.66. The van der Waals surface area contributed by atoms with Gasteiger partial charge in [0, 0.05) is 26.0 Å². The molecule has 0 aromatic carbocycles. The monoisotopic (exact) mass is 237 g/mol. The van der Waals surface area contributed by atoms with E-state index in [1.807, 2.05) is 0 Å². The van der Waals surface area contributed by atoms with Gasteiger partial charge in [-0.05, 0) is 13.3 Å². The number of hydrogen-bond donors (Lipinski definition) is 1. The molecule has 0 spiro atoms. The second kappa shape index (κ2) is 5.43. The van der Waals surface area contributed by atoms with Gasteiger partial charge in [-0.25, -0.2) is 13.6 Å². The highest BCUT2D eigenvalue weighted by Crippen LogP contribution is 2.34. The Morgan fingerprint density at radius 3 is 2.81 bits per heavy atom. The van der Waals surface area contributed by atoms with E-state index in [-0.39, 0.29) is 25.6 Å². The van der Waals surface area contributed by atoms with Crippen LogP contribution in [0.5, 0.6) is 0 Å². The van der Waals surface area contributed by atoms with Crippen molar-refractivity contribution in [3.63, 3.8) is 0 Å². The molecule has 1 saturated carbocycles. The number of hydrogen-bond acceptors (Lipinski definition) is 3. The molecule has 1 aliphatic carbocycles. The Kier molecular flexibility index (Phi) is 4.46. The van der Waals surface area contributed by atoms with E-state index in [0.29, 0.717) is 6.42 Å². The molecule has 0 aromatic heterocycles. The summed E-state index contributed by atoms with van der Waals surface area (Å²) in [4.78, 5) is 11.3. The van der Waals surface area contributed by atoms with Gasteiger partial charge in [-0.2, -0.15) is 0 Å². The molecule has 0 aliphatic heterocycles. The molecular formula is C10H17F2NO3. The first-order valence-electron chi connectivity index (χ1n) is 5.27. The maximum atomic E-state index is 12.8. The van der Waals surface area contributed by atoms with E-state index in [1.54, 1.807) is 6.92 Å². The zero-order valence-electron chi connectivity index (χ0n) is 9.46. The number of nitrogens with one attached hydrogen (secondary N) is 1. The minimum atomic E-state index is -2.66. The average molecular weight is 237 g/mol. The third-order valence-electron chi connectivity index (χ3n) is 2.44. The highest BCUT2D eigenvalue weighted by Gasteiger charge is 2.40. The van der Waals surface area contributed by atoms with Crippen LogP contribution < -0.4 is 5.32 Å². The molecule has 2 unspecified atom stereocenters. The summed E-state index contributed by atoms with van der Waals surface area (Å²) in [7, 11) is 1.50. The van der Waals surface area contributed by atoms with Gasteiger partial charge in [-0.15, -0.1) is 0 Å². The lowest BCUT2D eigenvalue weighted by atomic mass is 10.2. The zero-order chi connectivity index (χ0) is 12.2. The van der Waals surface area contributed by atoms with Gasteiger partial charge in [0.2, 0.25) is 5.92 Å². The Morgan fingerprint density at radius 2 is 2.31 bits per heavy atom. The van der Waals surface area contributed by atoms with Crippen LogP contribution in [-0.4, -0.2) is 37.9 Å². The van der Waals surface area contributed by atoms with E-state index in [4.69, 9.17) is 9.47 Å². The highest BCUT2D eigenvalue weighted by atomic mass is 19.3. The molecule has 4 nitrogen and oxygen atoms in total. The first kappa shape index (κ1) is 13.2. The Morgan fingerprint density at radius 1 is 1.62 bits per heavy atom. The van der Waals surface area contributed by atoms with Gasteiger partial charge in [0.05, 0.1) is 6.61 Å². The van der Waals surface area contributed by atoms with Crippen LogP contribution in [0.15, 0.2) is 0 Å². The minimum Gasteiger partial charge on any atom is -0.444 e. The first-order chi connectivity index (χ1) is 7.43. The van der Waals surface area contributed by atoms with E-state index in [1.165, 1.54) is 7.11 Å². The third-order valence-corrected chi connectivity index (χ3v) is 2.44. The van der Waals surface area contributed by atoms with E-state index in [2.05, 4.69) is 5.32 Å². The van der Waals surface area contributed by atoms with Crippen LogP contribution in [0, 0.1) is 0 Å². The van der Waals surface area contributed by atoms with E-state index in [9.17, 15) is 13.6 Å². The largest absolute Gasteiger partial charge is 0.444 e. The molecule has 1 N–H and O–H groups in total. The van der Waals surface area contributed by atoms with Crippen molar-refractivity contribution in [3.8, 4) is 0 Å². The maximum absolute atomic E-state index is 12.8. The van der Waals surface area contributed by atoms with Gasteiger partial charge in [-0.1, -0.05) is 0 Å². The molecule has 1 aliphatic rings. The molecule has 1 fully saturated rings. The molecule has 16 heavy (non-hydrogen) atoms. The number of ether oxygens (including phenoxy) is 2. The molecule has 1 amide bonds. The summed E-state index contributed by atoms with van der Waals surface area (Å²) in [5.41, 5.74) is 0. The minimum absolute atomic E-state index is 0.175. The Bertz CT molecular complexity index is 248. The number of alkyl carbamates (subject to hydrolysis) is 1. The van der Waals surface area contributed by atoms with E-state index >= 15 is 0 Å². The Hall–Kier alpha value is -0.910. The van der Waals surface area contributed by atoms with Crippen LogP contribution in [0.4, 0.5) is 13.6 Å². The lowest BCUT2D eigenvalue weighted by Gasteiger charge is -2.16. The number of amides is 1. The van der Waals surface area contributed by atoms with Crippen molar-refractivity contribution in [2.45, 2.75) is 44.3 Å². The molecule has 0 radical (unpaired) electrons. The number of carbonyl (C=O) groups is 1. The van der Waals surface area contributed by atoms with Gasteiger partial charge < -0.3 is 14.8 Å². The van der Waals surface area contributed by atoms with Crippen molar-refractivity contribution < 1.29 is 23.0 Å². The average Bonchev–Trinajstić information content (AvgIpc) is 2.45. The van der Waals surface area contributed by atoms with Crippen LogP contribution in [-0.2, 0) is 9.47 Å². The summed E-state index contributed by atoms with van der Waals surface area (Å²) in [6.07, 6.45) is -1.23. The molecular weight excluding hydrogens is 220 g/mol. The highest BCUT2D eigenvalue weighted by molar-refractivity contribution is 5.67. The molecule has 0 aromatic rings. The molecule has 2 atom stereocenters. The van der Waals surface area contributed by atoms with E-state index < -0.39 is 18.1 Å². The molecule has 6 heteroatoms. The van der Waals surface area contributed by atoms with Crippen LogP contribution in [0.2, 0.25) is 0 Å². The molecule has 0 heterocycles. The summed E-state index contributed by atoms with van der Waals surface area (Å²) in [6, 6.07) is -0.489. The van der Waals surface area contributed by atoms with Gasteiger partial charge in [0.15, 0.2) is 0 Å². The van der Waals surface area contributed by atoms with Gasteiger partial charge >= 0.3 is 6.09 Å².